The van der Waals surface area contributed by atoms with Gasteiger partial charge in [-0.15, -0.1) is 0 Å². The van der Waals surface area contributed by atoms with Gasteiger partial charge in [-0.3, -0.25) is 4.79 Å². The fourth-order valence-corrected chi connectivity index (χ4v) is 2.69. The molecule has 0 unspecified atom stereocenters. The molecule has 0 saturated heterocycles. The number of benzene rings is 3. The molecule has 30 heavy (non-hydrogen) atoms. The van der Waals surface area contributed by atoms with Gasteiger partial charge in [-0.1, -0.05) is 54.6 Å². The van der Waals surface area contributed by atoms with Crippen molar-refractivity contribution in [2.24, 2.45) is 0 Å². The molecule has 0 aromatic heterocycles. The molecule has 0 radical (unpaired) electrons. The maximum Gasteiger partial charge on any atom is 0.262 e. The van der Waals surface area contributed by atoms with E-state index in [1.165, 1.54) is 0 Å². The standard InChI is InChI=1S/C25H19N3O2/c26-15-20-6-8-22(9-7-20)18-30-24-12-10-19(11-13-24)14-23(16-27)25(29)28-17-21-4-2-1-3-5-21/h1-14H,17-18H2,(H,28,29)/b23-14+. The van der Waals surface area contributed by atoms with Crippen molar-refractivity contribution in [3.8, 4) is 17.9 Å². The van der Waals surface area contributed by atoms with Crippen LogP contribution in [0.4, 0.5) is 0 Å². The highest BCUT2D eigenvalue weighted by Gasteiger charge is 2.08. The molecule has 0 fully saturated rings. The SMILES string of the molecule is N#C/C(=C\c1ccc(OCc2ccc(C#N)cc2)cc1)C(=O)NCc1ccccc1. The predicted octanol–water partition coefficient (Wildman–Crippen LogP) is 4.36. The number of nitriles is 2. The van der Waals surface area contributed by atoms with Crippen LogP contribution in [0.3, 0.4) is 0 Å². The summed E-state index contributed by atoms with van der Waals surface area (Å²) in [5.74, 6) is 0.256. The zero-order valence-electron chi connectivity index (χ0n) is 16.2. The maximum atomic E-state index is 12.3. The molecule has 3 aromatic carbocycles. The lowest BCUT2D eigenvalue weighted by atomic mass is 10.1. The lowest BCUT2D eigenvalue weighted by molar-refractivity contribution is -0.117. The van der Waals surface area contributed by atoms with E-state index < -0.39 is 5.91 Å². The molecule has 0 heterocycles. The van der Waals surface area contributed by atoms with E-state index in [1.54, 1.807) is 42.5 Å². The average Bonchev–Trinajstić information content (AvgIpc) is 2.81. The van der Waals surface area contributed by atoms with Crippen LogP contribution < -0.4 is 10.1 Å². The number of hydrogen-bond donors (Lipinski definition) is 1. The van der Waals surface area contributed by atoms with Gasteiger partial charge in [0.2, 0.25) is 0 Å². The molecule has 0 saturated carbocycles. The van der Waals surface area contributed by atoms with Gasteiger partial charge in [0.1, 0.15) is 24.0 Å². The highest BCUT2D eigenvalue weighted by atomic mass is 16.5. The number of nitrogens with one attached hydrogen (secondary N) is 1. The van der Waals surface area contributed by atoms with Crippen molar-refractivity contribution < 1.29 is 9.53 Å². The van der Waals surface area contributed by atoms with Crippen molar-refractivity contribution in [1.29, 1.82) is 10.5 Å². The zero-order valence-corrected chi connectivity index (χ0v) is 16.2. The van der Waals surface area contributed by atoms with Gasteiger partial charge in [0.25, 0.3) is 5.91 Å². The predicted molar refractivity (Wildman–Crippen MR) is 114 cm³/mol. The molecule has 0 aliphatic carbocycles. The van der Waals surface area contributed by atoms with Gasteiger partial charge < -0.3 is 10.1 Å². The van der Waals surface area contributed by atoms with E-state index in [4.69, 9.17) is 10.00 Å². The summed E-state index contributed by atoms with van der Waals surface area (Å²) in [7, 11) is 0. The zero-order chi connectivity index (χ0) is 21.2. The lowest BCUT2D eigenvalue weighted by Gasteiger charge is -2.07. The molecular formula is C25H19N3O2. The molecule has 5 heteroatoms. The Bertz CT molecular complexity index is 1100. The quantitative estimate of drug-likeness (QED) is 0.477. The van der Waals surface area contributed by atoms with Crippen molar-refractivity contribution in [2.45, 2.75) is 13.2 Å². The smallest absolute Gasteiger partial charge is 0.262 e. The highest BCUT2D eigenvalue weighted by molar-refractivity contribution is 6.01. The topological polar surface area (TPSA) is 85.9 Å². The molecular weight excluding hydrogens is 374 g/mol. The first-order chi connectivity index (χ1) is 14.7. The minimum Gasteiger partial charge on any atom is -0.489 e. The van der Waals surface area contributed by atoms with Gasteiger partial charge in [0, 0.05) is 6.54 Å². The maximum absolute atomic E-state index is 12.3. The normalized spacial score (nSPS) is 10.5. The van der Waals surface area contributed by atoms with E-state index in [1.807, 2.05) is 48.5 Å². The fourth-order valence-electron chi connectivity index (χ4n) is 2.69. The minimum atomic E-state index is -0.414. The minimum absolute atomic E-state index is 0.0391. The van der Waals surface area contributed by atoms with Crippen LogP contribution in [-0.4, -0.2) is 5.91 Å². The second-order valence-corrected chi connectivity index (χ2v) is 6.50. The van der Waals surface area contributed by atoms with Crippen LogP contribution in [0.25, 0.3) is 6.08 Å². The van der Waals surface area contributed by atoms with Crippen LogP contribution in [0, 0.1) is 22.7 Å². The Hall–Kier alpha value is -4.35. The average molecular weight is 393 g/mol. The van der Waals surface area contributed by atoms with Crippen molar-refractivity contribution in [3.63, 3.8) is 0 Å². The van der Waals surface area contributed by atoms with E-state index in [0.29, 0.717) is 24.5 Å². The van der Waals surface area contributed by atoms with Gasteiger partial charge in [0.05, 0.1) is 11.6 Å². The molecule has 0 aliphatic rings. The molecule has 0 aliphatic heterocycles. The van der Waals surface area contributed by atoms with E-state index >= 15 is 0 Å². The molecule has 0 spiro atoms. The molecule has 0 bridgehead atoms. The second-order valence-electron chi connectivity index (χ2n) is 6.50. The van der Waals surface area contributed by atoms with Crippen molar-refractivity contribution >= 4 is 12.0 Å². The molecule has 3 aromatic rings. The van der Waals surface area contributed by atoms with Crippen LogP contribution in [0.1, 0.15) is 22.3 Å². The lowest BCUT2D eigenvalue weighted by Crippen LogP contribution is -2.23. The monoisotopic (exact) mass is 393 g/mol. The van der Waals surface area contributed by atoms with E-state index in [0.717, 1.165) is 16.7 Å². The largest absolute Gasteiger partial charge is 0.489 e. The summed E-state index contributed by atoms with van der Waals surface area (Å²) in [4.78, 5) is 12.3. The Balaban J connectivity index is 1.58. The van der Waals surface area contributed by atoms with Gasteiger partial charge in [-0.2, -0.15) is 10.5 Å². The summed E-state index contributed by atoms with van der Waals surface area (Å²) in [5.41, 5.74) is 3.30. The van der Waals surface area contributed by atoms with Gasteiger partial charge in [0.15, 0.2) is 0 Å². The summed E-state index contributed by atoms with van der Waals surface area (Å²) >= 11 is 0. The first-order valence-corrected chi connectivity index (χ1v) is 9.34. The van der Waals surface area contributed by atoms with Crippen molar-refractivity contribution in [3.05, 3.63) is 107 Å². The Morgan fingerprint density at radius 1 is 0.900 bits per heavy atom. The second kappa shape index (κ2) is 10.3. The summed E-state index contributed by atoms with van der Waals surface area (Å²) in [6, 6.07) is 27.9. The highest BCUT2D eigenvalue weighted by Crippen LogP contribution is 2.16. The van der Waals surface area contributed by atoms with Crippen LogP contribution in [0.15, 0.2) is 84.4 Å². The molecule has 0 atom stereocenters. The summed E-state index contributed by atoms with van der Waals surface area (Å²) in [6.07, 6.45) is 1.55. The first kappa shape index (κ1) is 20.4. The molecule has 1 amide bonds. The first-order valence-electron chi connectivity index (χ1n) is 9.34. The molecule has 146 valence electrons. The van der Waals surface area contributed by atoms with Crippen molar-refractivity contribution in [1.82, 2.24) is 5.32 Å². The van der Waals surface area contributed by atoms with Gasteiger partial charge in [-0.25, -0.2) is 0 Å². The van der Waals surface area contributed by atoms with Crippen molar-refractivity contribution in [2.75, 3.05) is 0 Å². The Morgan fingerprint density at radius 2 is 1.60 bits per heavy atom. The third-order valence-corrected chi connectivity index (χ3v) is 4.34. The fraction of sp³-hybridized carbons (Fsp3) is 0.0800. The van der Waals surface area contributed by atoms with Gasteiger partial charge in [-0.05, 0) is 47.0 Å². The summed E-state index contributed by atoms with van der Waals surface area (Å²) < 4.78 is 5.74. The Morgan fingerprint density at radius 3 is 2.23 bits per heavy atom. The van der Waals surface area contributed by atoms with Gasteiger partial charge >= 0.3 is 0 Å². The molecule has 1 N–H and O–H groups in total. The third kappa shape index (κ3) is 5.82. The van der Waals surface area contributed by atoms with Crippen LogP contribution in [0.2, 0.25) is 0 Å². The van der Waals surface area contributed by atoms with E-state index in [-0.39, 0.29) is 5.57 Å². The number of amides is 1. The summed E-state index contributed by atoms with van der Waals surface area (Å²) in [6.45, 7) is 0.743. The molecule has 5 nitrogen and oxygen atoms in total. The summed E-state index contributed by atoms with van der Waals surface area (Å²) in [5, 5.41) is 20.9. The number of nitrogens with zero attached hydrogens (tertiary/aromatic N) is 2. The number of ether oxygens (including phenoxy) is 1. The number of rotatable bonds is 7. The van der Waals surface area contributed by atoms with E-state index in [2.05, 4.69) is 11.4 Å². The van der Waals surface area contributed by atoms with Crippen LogP contribution in [-0.2, 0) is 17.9 Å². The number of carbonyl (C=O) groups excluding carboxylic acids is 1. The number of carbonyl (C=O) groups is 1. The third-order valence-electron chi connectivity index (χ3n) is 4.34. The van der Waals surface area contributed by atoms with Crippen LogP contribution >= 0.6 is 0 Å². The Kier molecular flexibility index (Phi) is 6.97. The van der Waals surface area contributed by atoms with Crippen LogP contribution in [0.5, 0.6) is 5.75 Å². The van der Waals surface area contributed by atoms with E-state index in [9.17, 15) is 10.1 Å². The molecule has 3 rings (SSSR count). The Labute approximate surface area is 175 Å². The number of hydrogen-bond acceptors (Lipinski definition) is 4.